The van der Waals surface area contributed by atoms with Gasteiger partial charge in [0, 0.05) is 6.20 Å². The fourth-order valence-corrected chi connectivity index (χ4v) is 2.50. The van der Waals surface area contributed by atoms with Gasteiger partial charge in [0.25, 0.3) is 5.91 Å². The lowest BCUT2D eigenvalue weighted by Crippen LogP contribution is -2.45. The molecule has 0 fully saturated rings. The topological polar surface area (TPSA) is 83.7 Å². The van der Waals surface area contributed by atoms with Crippen LogP contribution in [0.5, 0.6) is 0 Å². The molecular weight excluding hydrogens is 339 g/mol. The highest BCUT2D eigenvalue weighted by atomic mass is 19.4. The number of carboxylic acids is 1. The van der Waals surface area contributed by atoms with Gasteiger partial charge < -0.3 is 10.4 Å². The minimum Gasteiger partial charge on any atom is -0.480 e. The number of nitrogens with one attached hydrogen (secondary N) is 1. The fourth-order valence-electron chi connectivity index (χ4n) is 2.50. The third kappa shape index (κ3) is 3.75. The number of alkyl halides is 3. The van der Waals surface area contributed by atoms with Crippen LogP contribution in [0.25, 0.3) is 5.65 Å². The van der Waals surface area contributed by atoms with E-state index in [1.165, 1.54) is 6.92 Å². The number of aromatic nitrogens is 2. The Kier molecular flexibility index (Phi) is 5.05. The highest BCUT2D eigenvalue weighted by molar-refractivity contribution is 5.97. The van der Waals surface area contributed by atoms with E-state index in [1.807, 2.05) is 0 Å². The normalized spacial score (nSPS) is 14.3. The summed E-state index contributed by atoms with van der Waals surface area (Å²) >= 11 is 0. The van der Waals surface area contributed by atoms with Crippen LogP contribution >= 0.6 is 0 Å². The molecule has 2 aromatic heterocycles. The lowest BCUT2D eigenvalue weighted by molar-refractivity contribution is -0.140. The van der Waals surface area contributed by atoms with E-state index in [-0.39, 0.29) is 23.0 Å². The first-order chi connectivity index (χ1) is 11.6. The average molecular weight is 357 g/mol. The molecule has 0 spiro atoms. The lowest BCUT2D eigenvalue weighted by atomic mass is 9.99. The van der Waals surface area contributed by atoms with E-state index in [0.29, 0.717) is 6.42 Å². The van der Waals surface area contributed by atoms with Crippen LogP contribution in [0.15, 0.2) is 18.3 Å². The van der Waals surface area contributed by atoms with Crippen molar-refractivity contribution >= 4 is 17.5 Å². The van der Waals surface area contributed by atoms with Crippen molar-refractivity contribution in [1.29, 1.82) is 0 Å². The quantitative estimate of drug-likeness (QED) is 0.862. The molecule has 2 unspecified atom stereocenters. The fraction of sp³-hybridized carbons (Fsp3) is 0.438. The average Bonchev–Trinajstić information content (AvgIpc) is 2.85. The van der Waals surface area contributed by atoms with E-state index in [0.717, 1.165) is 22.7 Å². The number of hydrogen-bond donors (Lipinski definition) is 2. The number of imidazole rings is 1. The maximum atomic E-state index is 12.9. The van der Waals surface area contributed by atoms with Gasteiger partial charge in [-0.25, -0.2) is 9.78 Å². The molecule has 2 N–H and O–H groups in total. The molecule has 0 saturated heterocycles. The molecule has 0 aliphatic heterocycles. The summed E-state index contributed by atoms with van der Waals surface area (Å²) in [6, 6.07) is 0.895. The van der Waals surface area contributed by atoms with Gasteiger partial charge in [0.15, 0.2) is 0 Å². The van der Waals surface area contributed by atoms with Gasteiger partial charge in [-0.3, -0.25) is 9.20 Å². The van der Waals surface area contributed by atoms with Crippen molar-refractivity contribution < 1.29 is 27.9 Å². The summed E-state index contributed by atoms with van der Waals surface area (Å²) in [7, 11) is 0. The van der Waals surface area contributed by atoms with Crippen LogP contribution < -0.4 is 5.32 Å². The largest absolute Gasteiger partial charge is 0.480 e. The molecule has 2 aromatic rings. The molecule has 0 saturated carbocycles. The minimum absolute atomic E-state index is 0.115. The number of aliphatic carboxylic acids is 1. The van der Waals surface area contributed by atoms with Crippen molar-refractivity contribution in [1.82, 2.24) is 14.7 Å². The van der Waals surface area contributed by atoms with Crippen molar-refractivity contribution in [2.75, 3.05) is 0 Å². The molecule has 1 amide bonds. The van der Waals surface area contributed by atoms with Crippen LogP contribution in [-0.4, -0.2) is 32.4 Å². The summed E-state index contributed by atoms with van der Waals surface area (Å²) in [5, 5.41) is 11.6. The summed E-state index contributed by atoms with van der Waals surface area (Å²) in [4.78, 5) is 27.9. The van der Waals surface area contributed by atoms with E-state index >= 15 is 0 Å². The van der Waals surface area contributed by atoms with Crippen molar-refractivity contribution in [3.05, 3.63) is 35.3 Å². The first-order valence-corrected chi connectivity index (χ1v) is 7.65. The Balaban J connectivity index is 2.46. The van der Waals surface area contributed by atoms with Crippen LogP contribution in [0.1, 0.15) is 42.0 Å². The number of hydrogen-bond acceptors (Lipinski definition) is 3. The Bertz CT molecular complexity index is 814. The second kappa shape index (κ2) is 6.73. The Labute approximate surface area is 141 Å². The van der Waals surface area contributed by atoms with E-state index in [4.69, 9.17) is 0 Å². The van der Waals surface area contributed by atoms with Crippen LogP contribution in [0.4, 0.5) is 13.2 Å². The molecule has 2 atom stereocenters. The molecule has 0 aromatic carbocycles. The molecular formula is C16H18F3N3O3. The number of halogens is 3. The second-order valence-corrected chi connectivity index (χ2v) is 5.86. The highest BCUT2D eigenvalue weighted by Crippen LogP contribution is 2.29. The number of carbonyl (C=O) groups is 2. The van der Waals surface area contributed by atoms with Crippen molar-refractivity contribution in [3.63, 3.8) is 0 Å². The summed E-state index contributed by atoms with van der Waals surface area (Å²) in [5.41, 5.74) is -0.657. The number of fused-ring (bicyclic) bond motifs is 1. The monoisotopic (exact) mass is 357 g/mol. The third-order valence-electron chi connectivity index (χ3n) is 4.10. The number of amides is 1. The van der Waals surface area contributed by atoms with Gasteiger partial charge in [0.2, 0.25) is 0 Å². The predicted molar refractivity (Wildman–Crippen MR) is 83.3 cm³/mol. The smallest absolute Gasteiger partial charge is 0.417 e. The van der Waals surface area contributed by atoms with Gasteiger partial charge >= 0.3 is 12.1 Å². The maximum absolute atomic E-state index is 12.9. The zero-order chi connectivity index (χ0) is 18.9. The number of nitrogens with zero attached hydrogens (tertiary/aromatic N) is 2. The van der Waals surface area contributed by atoms with Crippen molar-refractivity contribution in [3.8, 4) is 0 Å². The first-order valence-electron chi connectivity index (χ1n) is 7.65. The molecule has 0 radical (unpaired) electrons. The van der Waals surface area contributed by atoms with E-state index in [1.54, 1.807) is 13.8 Å². The van der Waals surface area contributed by atoms with Gasteiger partial charge in [-0.15, -0.1) is 0 Å². The molecule has 9 heteroatoms. The SMILES string of the molecule is CCC(C)C(NC(=O)c1c(C)nc2ccc(C(F)(F)F)cn12)C(=O)O. The van der Waals surface area contributed by atoms with E-state index in [9.17, 15) is 27.9 Å². The Hall–Kier alpha value is -2.58. The van der Waals surface area contributed by atoms with Gasteiger partial charge in [-0.05, 0) is 25.0 Å². The summed E-state index contributed by atoms with van der Waals surface area (Å²) in [5.74, 6) is -2.33. The summed E-state index contributed by atoms with van der Waals surface area (Å²) in [6.07, 6.45) is -3.27. The molecule has 2 heterocycles. The van der Waals surface area contributed by atoms with Crippen molar-refractivity contribution in [2.24, 2.45) is 5.92 Å². The second-order valence-electron chi connectivity index (χ2n) is 5.86. The molecule has 2 rings (SSSR count). The van der Waals surface area contributed by atoms with Crippen molar-refractivity contribution in [2.45, 2.75) is 39.4 Å². The first kappa shape index (κ1) is 18.8. The van der Waals surface area contributed by atoms with Crippen LogP contribution in [0, 0.1) is 12.8 Å². The van der Waals surface area contributed by atoms with E-state index < -0.39 is 29.7 Å². The summed E-state index contributed by atoms with van der Waals surface area (Å²) < 4.78 is 39.8. The van der Waals surface area contributed by atoms with Crippen LogP contribution in [0.2, 0.25) is 0 Å². The third-order valence-corrected chi connectivity index (χ3v) is 4.10. The molecule has 6 nitrogen and oxygen atoms in total. The zero-order valence-electron chi connectivity index (χ0n) is 13.9. The van der Waals surface area contributed by atoms with Crippen LogP contribution in [-0.2, 0) is 11.0 Å². The minimum atomic E-state index is -4.57. The summed E-state index contributed by atoms with van der Waals surface area (Å²) in [6.45, 7) is 4.93. The zero-order valence-corrected chi connectivity index (χ0v) is 13.9. The van der Waals surface area contributed by atoms with Gasteiger partial charge in [-0.2, -0.15) is 13.2 Å². The predicted octanol–water partition coefficient (Wildman–Crippen LogP) is 2.89. The molecule has 0 aliphatic rings. The molecule has 0 bridgehead atoms. The highest BCUT2D eigenvalue weighted by Gasteiger charge is 2.32. The van der Waals surface area contributed by atoms with Gasteiger partial charge in [-0.1, -0.05) is 20.3 Å². The molecule has 136 valence electrons. The Morgan fingerprint density at radius 3 is 2.52 bits per heavy atom. The number of carboxylic acid groups (broad SMARTS) is 1. The Morgan fingerprint density at radius 2 is 2.00 bits per heavy atom. The number of pyridine rings is 1. The Morgan fingerprint density at radius 1 is 1.36 bits per heavy atom. The maximum Gasteiger partial charge on any atom is 0.417 e. The standard InChI is InChI=1S/C16H18F3N3O3/c1-4-8(2)12(15(24)25)21-14(23)13-9(3)20-11-6-5-10(7-22(11)13)16(17,18)19/h5-8,12H,4H2,1-3H3,(H,21,23)(H,24,25). The number of carbonyl (C=O) groups excluding carboxylic acids is 1. The molecule has 0 aliphatic carbocycles. The van der Waals surface area contributed by atoms with Gasteiger partial charge in [0.05, 0.1) is 11.3 Å². The lowest BCUT2D eigenvalue weighted by Gasteiger charge is -2.20. The number of rotatable bonds is 5. The van der Waals surface area contributed by atoms with Gasteiger partial charge in [0.1, 0.15) is 17.4 Å². The van der Waals surface area contributed by atoms with E-state index in [2.05, 4.69) is 10.3 Å². The molecule has 25 heavy (non-hydrogen) atoms. The van der Waals surface area contributed by atoms with Crippen LogP contribution in [0.3, 0.4) is 0 Å². The number of aryl methyl sites for hydroxylation is 1.